The van der Waals surface area contributed by atoms with Crippen LogP contribution in [-0.2, 0) is 6.42 Å². The minimum Gasteiger partial charge on any atom is -0.497 e. The molecule has 3 aromatic carbocycles. The van der Waals surface area contributed by atoms with Crippen LogP contribution in [0, 0.1) is 10.1 Å². The van der Waals surface area contributed by atoms with Crippen molar-refractivity contribution in [2.75, 3.05) is 12.4 Å². The number of amides is 1. The Kier molecular flexibility index (Phi) is 6.38. The number of nitro groups is 1. The first-order chi connectivity index (χ1) is 16.7. The third-order valence-corrected chi connectivity index (χ3v) is 5.74. The molecule has 1 amide bonds. The van der Waals surface area contributed by atoms with Gasteiger partial charge in [-0.15, -0.1) is 0 Å². The van der Waals surface area contributed by atoms with Gasteiger partial charge in [-0.3, -0.25) is 19.7 Å². The topological polar surface area (TPSA) is 111 Å². The molecule has 0 aliphatic carbocycles. The van der Waals surface area contributed by atoms with Crippen molar-refractivity contribution in [3.63, 3.8) is 0 Å². The zero-order chi connectivity index (χ0) is 25.2. The predicted molar refractivity (Wildman–Crippen MR) is 134 cm³/mol. The highest BCUT2D eigenvalue weighted by Crippen LogP contribution is 2.32. The van der Waals surface area contributed by atoms with E-state index < -0.39 is 10.8 Å². The van der Waals surface area contributed by atoms with Gasteiger partial charge in [0.1, 0.15) is 11.3 Å². The van der Waals surface area contributed by atoms with Gasteiger partial charge < -0.3 is 15.4 Å². The van der Waals surface area contributed by atoms with Gasteiger partial charge >= 0.3 is 0 Å². The zero-order valence-electron chi connectivity index (χ0n) is 19.6. The molecular weight excluding hydrogens is 446 g/mol. The summed E-state index contributed by atoms with van der Waals surface area (Å²) < 4.78 is 5.36. The van der Waals surface area contributed by atoms with Gasteiger partial charge in [0.25, 0.3) is 11.6 Å². The standard InChI is InChI=1S/C27H25N3O5/c1-27(2)16-18-11-12-20(35-3)14-22(18)23(29-27)15-25(31)17-7-6-8-19(13-17)28-26(32)21-9-4-5-10-24(21)30(33)34/h4-15,29H,16H2,1-3H3,(H,28,32). The second kappa shape index (κ2) is 9.42. The van der Waals surface area contributed by atoms with E-state index in [1.54, 1.807) is 43.5 Å². The first-order valence-corrected chi connectivity index (χ1v) is 11.0. The average molecular weight is 472 g/mol. The largest absolute Gasteiger partial charge is 0.497 e. The maximum atomic E-state index is 13.2. The molecule has 0 aromatic heterocycles. The van der Waals surface area contributed by atoms with Crippen LogP contribution in [0.2, 0.25) is 0 Å². The Bertz CT molecular complexity index is 1360. The summed E-state index contributed by atoms with van der Waals surface area (Å²) in [6.45, 7) is 4.13. The number of para-hydroxylation sites is 1. The van der Waals surface area contributed by atoms with E-state index in [0.717, 1.165) is 17.5 Å². The van der Waals surface area contributed by atoms with Crippen LogP contribution in [0.5, 0.6) is 5.75 Å². The molecule has 2 N–H and O–H groups in total. The molecule has 178 valence electrons. The Morgan fingerprint density at radius 2 is 1.86 bits per heavy atom. The zero-order valence-corrected chi connectivity index (χ0v) is 19.6. The second-order valence-corrected chi connectivity index (χ2v) is 8.94. The van der Waals surface area contributed by atoms with Crippen molar-refractivity contribution in [1.29, 1.82) is 0 Å². The molecule has 0 radical (unpaired) electrons. The molecule has 0 fully saturated rings. The van der Waals surface area contributed by atoms with Crippen LogP contribution >= 0.6 is 0 Å². The Hall–Kier alpha value is -4.46. The quantitative estimate of drug-likeness (QED) is 0.226. The van der Waals surface area contributed by atoms with Crippen molar-refractivity contribution >= 4 is 28.8 Å². The maximum absolute atomic E-state index is 13.2. The molecule has 0 saturated heterocycles. The van der Waals surface area contributed by atoms with Crippen LogP contribution in [-0.4, -0.2) is 29.3 Å². The highest BCUT2D eigenvalue weighted by Gasteiger charge is 2.28. The highest BCUT2D eigenvalue weighted by molar-refractivity contribution is 6.11. The number of carbonyl (C=O) groups excluding carboxylic acids is 2. The van der Waals surface area contributed by atoms with E-state index in [1.165, 1.54) is 18.2 Å². The minimum atomic E-state index is -0.628. The summed E-state index contributed by atoms with van der Waals surface area (Å²) in [7, 11) is 1.60. The number of benzene rings is 3. The number of allylic oxidation sites excluding steroid dienone is 1. The number of ether oxygens (including phenoxy) is 1. The Morgan fingerprint density at radius 3 is 2.60 bits per heavy atom. The molecule has 0 spiro atoms. The molecule has 1 heterocycles. The van der Waals surface area contributed by atoms with E-state index in [1.807, 2.05) is 18.2 Å². The lowest BCUT2D eigenvalue weighted by Crippen LogP contribution is -2.43. The minimum absolute atomic E-state index is 0.0597. The first-order valence-electron chi connectivity index (χ1n) is 11.0. The second-order valence-electron chi connectivity index (χ2n) is 8.94. The van der Waals surface area contributed by atoms with Gasteiger partial charge in [-0.05, 0) is 56.2 Å². The van der Waals surface area contributed by atoms with Crippen molar-refractivity contribution in [3.05, 3.63) is 105 Å². The number of ketones is 1. The summed E-state index contributed by atoms with van der Waals surface area (Å²) in [5.74, 6) is -0.180. The number of nitro benzene ring substituents is 1. The molecule has 0 atom stereocenters. The highest BCUT2D eigenvalue weighted by atomic mass is 16.6. The van der Waals surface area contributed by atoms with E-state index in [-0.39, 0.29) is 22.6 Å². The lowest BCUT2D eigenvalue weighted by Gasteiger charge is -2.35. The van der Waals surface area contributed by atoms with Crippen LogP contribution in [0.25, 0.3) is 5.70 Å². The summed E-state index contributed by atoms with van der Waals surface area (Å²) in [6, 6.07) is 18.0. The van der Waals surface area contributed by atoms with Gasteiger partial charge in [-0.25, -0.2) is 0 Å². The number of carbonyl (C=O) groups is 2. The van der Waals surface area contributed by atoms with Gasteiger partial charge in [-0.1, -0.05) is 30.3 Å². The third kappa shape index (κ3) is 5.22. The summed E-state index contributed by atoms with van der Waals surface area (Å²) >= 11 is 0. The van der Waals surface area contributed by atoms with Crippen molar-refractivity contribution in [3.8, 4) is 5.75 Å². The predicted octanol–water partition coefficient (Wildman–Crippen LogP) is 5.00. The van der Waals surface area contributed by atoms with Gasteiger partial charge in [0.2, 0.25) is 0 Å². The van der Waals surface area contributed by atoms with Crippen LogP contribution in [0.3, 0.4) is 0 Å². The van der Waals surface area contributed by atoms with Crippen LogP contribution in [0.4, 0.5) is 11.4 Å². The number of fused-ring (bicyclic) bond motifs is 1. The van der Waals surface area contributed by atoms with Crippen LogP contribution in [0.1, 0.15) is 45.7 Å². The van der Waals surface area contributed by atoms with E-state index in [2.05, 4.69) is 24.5 Å². The number of hydrogen-bond acceptors (Lipinski definition) is 6. The summed E-state index contributed by atoms with van der Waals surface area (Å²) in [6.07, 6.45) is 2.34. The lowest BCUT2D eigenvalue weighted by atomic mass is 9.85. The Labute approximate surface area is 202 Å². The van der Waals surface area contributed by atoms with E-state index >= 15 is 0 Å². The maximum Gasteiger partial charge on any atom is 0.282 e. The number of methoxy groups -OCH3 is 1. The normalized spacial score (nSPS) is 15.0. The molecule has 1 aliphatic heterocycles. The molecular formula is C27H25N3O5. The van der Waals surface area contributed by atoms with Gasteiger partial charge in [0, 0.05) is 40.2 Å². The van der Waals surface area contributed by atoms with Gasteiger partial charge in [0.15, 0.2) is 5.78 Å². The molecule has 35 heavy (non-hydrogen) atoms. The number of hydrogen-bond donors (Lipinski definition) is 2. The van der Waals surface area contributed by atoms with Crippen molar-refractivity contribution in [2.45, 2.75) is 25.8 Å². The molecule has 0 bridgehead atoms. The Morgan fingerprint density at radius 1 is 1.09 bits per heavy atom. The van der Waals surface area contributed by atoms with E-state index in [0.29, 0.717) is 22.7 Å². The van der Waals surface area contributed by atoms with Crippen LogP contribution < -0.4 is 15.4 Å². The SMILES string of the molecule is COc1ccc2c(c1)C(=CC(=O)c1cccc(NC(=O)c3ccccc3[N+](=O)[O-])c1)NC(C)(C)C2. The van der Waals surface area contributed by atoms with Gasteiger partial charge in [0.05, 0.1) is 12.0 Å². The Balaban J connectivity index is 1.62. The molecule has 3 aromatic rings. The lowest BCUT2D eigenvalue weighted by molar-refractivity contribution is -0.385. The van der Waals surface area contributed by atoms with E-state index in [4.69, 9.17) is 4.74 Å². The fraction of sp³-hybridized carbons (Fsp3) is 0.185. The average Bonchev–Trinajstić information content (AvgIpc) is 2.83. The fourth-order valence-corrected chi connectivity index (χ4v) is 4.14. The van der Waals surface area contributed by atoms with Crippen molar-refractivity contribution < 1.29 is 19.2 Å². The van der Waals surface area contributed by atoms with Gasteiger partial charge in [-0.2, -0.15) is 0 Å². The van der Waals surface area contributed by atoms with E-state index in [9.17, 15) is 19.7 Å². The molecule has 1 aliphatic rings. The number of rotatable bonds is 6. The fourth-order valence-electron chi connectivity index (χ4n) is 4.14. The number of anilines is 1. The van der Waals surface area contributed by atoms with Crippen molar-refractivity contribution in [1.82, 2.24) is 5.32 Å². The monoisotopic (exact) mass is 471 g/mol. The number of nitrogens with zero attached hydrogens (tertiary/aromatic N) is 1. The van der Waals surface area contributed by atoms with Crippen LogP contribution in [0.15, 0.2) is 72.8 Å². The molecule has 0 saturated carbocycles. The first kappa shape index (κ1) is 23.7. The number of nitrogens with one attached hydrogen (secondary N) is 2. The molecule has 0 unspecified atom stereocenters. The molecule has 8 nitrogen and oxygen atoms in total. The summed E-state index contributed by atoms with van der Waals surface area (Å²) in [5.41, 5.74) is 2.83. The summed E-state index contributed by atoms with van der Waals surface area (Å²) in [4.78, 5) is 36.5. The summed E-state index contributed by atoms with van der Waals surface area (Å²) in [5, 5.41) is 17.3. The molecule has 8 heteroatoms. The smallest absolute Gasteiger partial charge is 0.282 e. The van der Waals surface area contributed by atoms with Crippen molar-refractivity contribution in [2.24, 2.45) is 0 Å². The molecule has 4 rings (SSSR count). The third-order valence-electron chi connectivity index (χ3n) is 5.74.